The Labute approximate surface area is 109 Å². The predicted octanol–water partition coefficient (Wildman–Crippen LogP) is -4.48. The summed E-state index contributed by atoms with van der Waals surface area (Å²) in [7, 11) is 0. The van der Waals surface area contributed by atoms with Gasteiger partial charge in [-0.15, -0.1) is 0 Å². The van der Waals surface area contributed by atoms with E-state index < -0.39 is 56.1 Å². The lowest BCUT2D eigenvalue weighted by Gasteiger charge is -2.37. The Morgan fingerprint density at radius 2 is 1.68 bits per heavy atom. The van der Waals surface area contributed by atoms with Gasteiger partial charge >= 0.3 is 0 Å². The maximum Gasteiger partial charge on any atom is 0.186 e. The number of aliphatic hydroxyl groups is 7. The lowest BCUT2D eigenvalue weighted by Crippen LogP contribution is -2.56. The first-order valence-electron chi connectivity index (χ1n) is 5.81. The Hall–Kier alpha value is -0.360. The molecular weight excluding hydrogens is 264 g/mol. The van der Waals surface area contributed by atoms with Gasteiger partial charge in [-0.05, 0) is 0 Å². The molecule has 1 rings (SSSR count). The first-order chi connectivity index (χ1) is 8.92. The van der Waals surface area contributed by atoms with E-state index in [1.807, 2.05) is 0 Å². The van der Waals surface area contributed by atoms with Crippen molar-refractivity contribution in [2.24, 2.45) is 0 Å². The van der Waals surface area contributed by atoms with Crippen molar-refractivity contribution in [2.75, 3.05) is 19.8 Å². The van der Waals surface area contributed by atoms with Gasteiger partial charge in [-0.3, -0.25) is 0 Å². The maximum atomic E-state index is 9.59. The van der Waals surface area contributed by atoms with Crippen LogP contribution in [0, 0.1) is 0 Å². The molecule has 1 saturated heterocycles. The van der Waals surface area contributed by atoms with Gasteiger partial charge in [0, 0.05) is 0 Å². The van der Waals surface area contributed by atoms with Crippen LogP contribution < -0.4 is 0 Å². The van der Waals surface area contributed by atoms with Crippen LogP contribution in [-0.2, 0) is 9.47 Å². The van der Waals surface area contributed by atoms with Gasteiger partial charge in [0.25, 0.3) is 0 Å². The Balaban J connectivity index is 2.60. The largest absolute Gasteiger partial charge is 0.394 e. The average Bonchev–Trinajstić information content (AvgIpc) is 2.42. The molecule has 114 valence electrons. The molecule has 1 unspecified atom stereocenters. The molecule has 0 amide bonds. The van der Waals surface area contributed by atoms with E-state index in [9.17, 15) is 25.5 Å². The minimum absolute atomic E-state index is 0.292. The van der Waals surface area contributed by atoms with E-state index in [-0.39, 0.29) is 6.61 Å². The van der Waals surface area contributed by atoms with Crippen molar-refractivity contribution in [3.05, 3.63) is 0 Å². The van der Waals surface area contributed by atoms with E-state index in [4.69, 9.17) is 19.7 Å². The molecule has 0 saturated carbocycles. The highest BCUT2D eigenvalue weighted by Crippen LogP contribution is 2.19. The highest BCUT2D eigenvalue weighted by atomic mass is 16.7. The van der Waals surface area contributed by atoms with E-state index in [1.165, 1.54) is 0 Å². The van der Waals surface area contributed by atoms with Crippen molar-refractivity contribution < 1.29 is 45.2 Å². The molecule has 0 aliphatic carbocycles. The summed E-state index contributed by atoms with van der Waals surface area (Å²) in [5.74, 6) is 0. The second-order valence-corrected chi connectivity index (χ2v) is 4.35. The first kappa shape index (κ1) is 16.7. The Bertz CT molecular complexity index is 259. The maximum absolute atomic E-state index is 9.59. The molecule has 1 heterocycles. The second-order valence-electron chi connectivity index (χ2n) is 4.35. The van der Waals surface area contributed by atoms with Crippen LogP contribution in [0.5, 0.6) is 0 Å². The fraction of sp³-hybridized carbons (Fsp3) is 1.00. The summed E-state index contributed by atoms with van der Waals surface area (Å²) in [6, 6.07) is 0. The van der Waals surface area contributed by atoms with Crippen molar-refractivity contribution in [1.82, 2.24) is 0 Å². The number of aliphatic hydroxyl groups excluding tert-OH is 7. The number of ether oxygens (including phenoxy) is 2. The fourth-order valence-corrected chi connectivity index (χ4v) is 1.66. The average molecular weight is 284 g/mol. The van der Waals surface area contributed by atoms with Gasteiger partial charge in [0.1, 0.15) is 36.6 Å². The summed E-state index contributed by atoms with van der Waals surface area (Å²) in [6.45, 7) is -1.74. The van der Waals surface area contributed by atoms with Crippen LogP contribution >= 0.6 is 0 Å². The molecule has 1 aliphatic rings. The summed E-state index contributed by atoms with van der Waals surface area (Å²) in [6.07, 6.45) is -10.2. The van der Waals surface area contributed by atoms with Crippen molar-refractivity contribution >= 4 is 0 Å². The lowest BCUT2D eigenvalue weighted by atomic mass is 10.0. The van der Waals surface area contributed by atoms with Gasteiger partial charge in [0.05, 0.1) is 19.8 Å². The van der Waals surface area contributed by atoms with Crippen molar-refractivity contribution in [3.8, 4) is 0 Å². The van der Waals surface area contributed by atoms with Gasteiger partial charge in [0.15, 0.2) is 6.29 Å². The number of hydrogen-bond donors (Lipinski definition) is 7. The molecule has 9 nitrogen and oxygen atoms in total. The highest BCUT2D eigenvalue weighted by molar-refractivity contribution is 4.84. The van der Waals surface area contributed by atoms with Crippen LogP contribution in [-0.4, -0.2) is 98.5 Å². The molecule has 0 radical (unpaired) electrons. The van der Waals surface area contributed by atoms with Crippen molar-refractivity contribution in [2.45, 2.75) is 42.9 Å². The standard InChI is InChI=1S/C10H20O9/c11-1-4(13)7(15)6(2-12)19-10-9(17)8(16)5(14)3-18-10/h4-17H,1-3H2/t4-,5-,6?,7-,8+,9-,10+/m1/s1. The third-order valence-corrected chi connectivity index (χ3v) is 2.91. The normalized spacial score (nSPS) is 36.8. The Kier molecular flexibility index (Phi) is 6.53. The molecule has 7 atom stereocenters. The second kappa shape index (κ2) is 7.43. The number of rotatable bonds is 6. The molecule has 7 N–H and O–H groups in total. The molecule has 0 aromatic carbocycles. The number of hydrogen-bond acceptors (Lipinski definition) is 9. The first-order valence-corrected chi connectivity index (χ1v) is 5.81. The molecule has 0 spiro atoms. The molecule has 0 aromatic rings. The minimum atomic E-state index is -1.60. The summed E-state index contributed by atoms with van der Waals surface area (Å²) >= 11 is 0. The zero-order chi connectivity index (χ0) is 14.6. The van der Waals surface area contributed by atoms with Gasteiger partial charge in [-0.25, -0.2) is 0 Å². The molecule has 0 bridgehead atoms. The van der Waals surface area contributed by atoms with E-state index >= 15 is 0 Å². The topological polar surface area (TPSA) is 160 Å². The van der Waals surface area contributed by atoms with Crippen LogP contribution in [0.3, 0.4) is 0 Å². The van der Waals surface area contributed by atoms with Crippen LogP contribution in [0.15, 0.2) is 0 Å². The molecule has 1 aliphatic heterocycles. The molecular formula is C10H20O9. The Morgan fingerprint density at radius 1 is 1.05 bits per heavy atom. The van der Waals surface area contributed by atoms with Crippen molar-refractivity contribution in [3.63, 3.8) is 0 Å². The molecule has 0 aromatic heterocycles. The summed E-state index contributed by atoms with van der Waals surface area (Å²) < 4.78 is 9.96. The summed E-state index contributed by atoms with van der Waals surface area (Å²) in [5, 5.41) is 64.8. The van der Waals surface area contributed by atoms with E-state index in [0.717, 1.165) is 0 Å². The van der Waals surface area contributed by atoms with Gasteiger partial charge in [-0.1, -0.05) is 0 Å². The molecule has 9 heteroatoms. The van der Waals surface area contributed by atoms with Crippen LogP contribution in [0.25, 0.3) is 0 Å². The van der Waals surface area contributed by atoms with E-state index in [2.05, 4.69) is 0 Å². The monoisotopic (exact) mass is 284 g/mol. The SMILES string of the molecule is OCC(O[C@@H]1OC[C@@H](O)[C@H](O)[C@H]1O)[C@H](O)[C@H](O)CO. The Morgan fingerprint density at radius 3 is 2.21 bits per heavy atom. The van der Waals surface area contributed by atoms with Crippen molar-refractivity contribution in [1.29, 1.82) is 0 Å². The lowest BCUT2D eigenvalue weighted by molar-refractivity contribution is -0.296. The van der Waals surface area contributed by atoms with E-state index in [1.54, 1.807) is 0 Å². The van der Waals surface area contributed by atoms with Crippen LogP contribution in [0.2, 0.25) is 0 Å². The summed E-state index contributed by atoms with van der Waals surface area (Å²) in [5.41, 5.74) is 0. The zero-order valence-corrected chi connectivity index (χ0v) is 10.1. The highest BCUT2D eigenvalue weighted by Gasteiger charge is 2.40. The fourth-order valence-electron chi connectivity index (χ4n) is 1.66. The van der Waals surface area contributed by atoms with Gasteiger partial charge in [0.2, 0.25) is 0 Å². The molecule has 1 fully saturated rings. The third kappa shape index (κ3) is 4.05. The summed E-state index contributed by atoms with van der Waals surface area (Å²) in [4.78, 5) is 0. The van der Waals surface area contributed by atoms with Gasteiger partial charge in [-0.2, -0.15) is 0 Å². The zero-order valence-electron chi connectivity index (χ0n) is 10.1. The van der Waals surface area contributed by atoms with Crippen LogP contribution in [0.1, 0.15) is 0 Å². The van der Waals surface area contributed by atoms with Crippen LogP contribution in [0.4, 0.5) is 0 Å². The third-order valence-electron chi connectivity index (χ3n) is 2.91. The smallest absolute Gasteiger partial charge is 0.186 e. The minimum Gasteiger partial charge on any atom is -0.394 e. The quantitative estimate of drug-likeness (QED) is 0.255. The van der Waals surface area contributed by atoms with Gasteiger partial charge < -0.3 is 45.2 Å². The predicted molar refractivity (Wildman–Crippen MR) is 58.8 cm³/mol. The molecule has 19 heavy (non-hydrogen) atoms. The van der Waals surface area contributed by atoms with E-state index in [0.29, 0.717) is 0 Å².